The molecule has 1 atom stereocenters. The lowest BCUT2D eigenvalue weighted by Gasteiger charge is -2.26. The van der Waals surface area contributed by atoms with E-state index in [1.54, 1.807) is 19.9 Å². The fraction of sp³-hybridized carbons (Fsp3) is 0.316. The van der Waals surface area contributed by atoms with Gasteiger partial charge in [0.2, 0.25) is 0 Å². The number of amides is 2. The molecular formula is C19H22N2O5. The molecule has 0 radical (unpaired) electrons. The Morgan fingerprint density at radius 1 is 1.19 bits per heavy atom. The molecule has 138 valence electrons. The average molecular weight is 358 g/mol. The maximum absolute atomic E-state index is 12.1. The summed E-state index contributed by atoms with van der Waals surface area (Å²) in [5.74, 6) is -1.14. The molecule has 0 fully saturated rings. The Kier molecular flexibility index (Phi) is 6.54. The van der Waals surface area contributed by atoms with E-state index in [1.165, 1.54) is 6.08 Å². The molecule has 7 heteroatoms. The van der Waals surface area contributed by atoms with Crippen molar-refractivity contribution in [2.45, 2.75) is 26.8 Å². The van der Waals surface area contributed by atoms with Gasteiger partial charge in [0, 0.05) is 6.08 Å². The molecule has 1 heterocycles. The smallest absolute Gasteiger partial charge is 0.338 e. The van der Waals surface area contributed by atoms with E-state index in [9.17, 15) is 14.4 Å². The molecule has 0 unspecified atom stereocenters. The predicted molar refractivity (Wildman–Crippen MR) is 96.0 cm³/mol. The van der Waals surface area contributed by atoms with Gasteiger partial charge in [0.25, 0.3) is 0 Å². The molecule has 1 aromatic carbocycles. The van der Waals surface area contributed by atoms with E-state index in [0.29, 0.717) is 0 Å². The molecule has 0 saturated carbocycles. The van der Waals surface area contributed by atoms with Crippen molar-refractivity contribution < 1.29 is 23.9 Å². The van der Waals surface area contributed by atoms with Crippen molar-refractivity contribution >= 4 is 24.0 Å². The molecule has 2 amide bonds. The summed E-state index contributed by atoms with van der Waals surface area (Å²) in [7, 11) is 0. The fourth-order valence-electron chi connectivity index (χ4n) is 2.43. The van der Waals surface area contributed by atoms with Crippen LogP contribution in [0, 0.1) is 6.92 Å². The summed E-state index contributed by atoms with van der Waals surface area (Å²) >= 11 is 0. The summed E-state index contributed by atoms with van der Waals surface area (Å²) in [4.78, 5) is 35.6. The molecule has 0 bridgehead atoms. The molecule has 7 nitrogen and oxygen atoms in total. The van der Waals surface area contributed by atoms with Gasteiger partial charge in [-0.2, -0.15) is 0 Å². The van der Waals surface area contributed by atoms with E-state index in [1.807, 2.05) is 31.2 Å². The second kappa shape index (κ2) is 8.84. The van der Waals surface area contributed by atoms with Crippen LogP contribution in [0.3, 0.4) is 0 Å². The number of carbonyl (C=O) groups is 3. The minimum absolute atomic E-state index is 0.204. The van der Waals surface area contributed by atoms with Crippen molar-refractivity contribution in [1.29, 1.82) is 0 Å². The van der Waals surface area contributed by atoms with Gasteiger partial charge in [-0.3, -0.25) is 0 Å². The number of aryl methyl sites for hydroxylation is 1. The van der Waals surface area contributed by atoms with Crippen LogP contribution >= 0.6 is 0 Å². The standard InChI is InChI=1S/C19H22N2O5/c1-4-25-18(23)17-13(3)20-19(24)21-15(17)11-26-16(22)10-9-14-7-5-12(2)6-8-14/h5-10,13H,4,11H2,1-3H3,(H2,20,21,24)/b10-9+/t13-/m0/s1. The molecule has 1 aliphatic rings. The third-order valence-electron chi connectivity index (χ3n) is 3.71. The van der Waals surface area contributed by atoms with Crippen molar-refractivity contribution in [2.75, 3.05) is 13.2 Å². The number of nitrogens with one attached hydrogen (secondary N) is 2. The average Bonchev–Trinajstić information content (AvgIpc) is 2.59. The molecule has 0 spiro atoms. The van der Waals surface area contributed by atoms with Crippen molar-refractivity contribution in [1.82, 2.24) is 10.6 Å². The van der Waals surface area contributed by atoms with Crippen LogP contribution in [0.1, 0.15) is 25.0 Å². The van der Waals surface area contributed by atoms with Crippen LogP contribution < -0.4 is 10.6 Å². The van der Waals surface area contributed by atoms with Gasteiger partial charge >= 0.3 is 18.0 Å². The van der Waals surface area contributed by atoms with E-state index < -0.39 is 24.0 Å². The van der Waals surface area contributed by atoms with E-state index in [2.05, 4.69) is 10.6 Å². The second-order valence-corrected chi connectivity index (χ2v) is 5.78. The quantitative estimate of drug-likeness (QED) is 0.600. The van der Waals surface area contributed by atoms with Crippen molar-refractivity contribution in [3.05, 3.63) is 52.7 Å². The lowest BCUT2D eigenvalue weighted by Crippen LogP contribution is -2.50. The lowest BCUT2D eigenvalue weighted by molar-refractivity contribution is -0.140. The van der Waals surface area contributed by atoms with Gasteiger partial charge in [-0.1, -0.05) is 29.8 Å². The molecule has 26 heavy (non-hydrogen) atoms. The number of esters is 2. The maximum Gasteiger partial charge on any atom is 0.338 e. The SMILES string of the molecule is CCOC(=O)C1=C(COC(=O)/C=C/c2ccc(C)cc2)NC(=O)N[C@H]1C. The van der Waals surface area contributed by atoms with Gasteiger partial charge in [0.05, 0.1) is 23.9 Å². The number of ether oxygens (including phenoxy) is 2. The summed E-state index contributed by atoms with van der Waals surface area (Å²) in [6.07, 6.45) is 2.92. The van der Waals surface area contributed by atoms with E-state index >= 15 is 0 Å². The van der Waals surface area contributed by atoms with Gasteiger partial charge in [-0.25, -0.2) is 14.4 Å². The summed E-state index contributed by atoms with van der Waals surface area (Å²) in [6.45, 7) is 5.29. The molecule has 0 aliphatic carbocycles. The van der Waals surface area contributed by atoms with Crippen LogP contribution in [0.15, 0.2) is 41.6 Å². The Bertz CT molecular complexity index is 750. The molecule has 2 N–H and O–H groups in total. The van der Waals surface area contributed by atoms with Crippen LogP contribution in [0.25, 0.3) is 6.08 Å². The van der Waals surface area contributed by atoms with Crippen LogP contribution in [0.4, 0.5) is 4.79 Å². The second-order valence-electron chi connectivity index (χ2n) is 5.78. The van der Waals surface area contributed by atoms with Crippen molar-refractivity contribution in [2.24, 2.45) is 0 Å². The number of urea groups is 1. The van der Waals surface area contributed by atoms with Gasteiger partial charge < -0.3 is 20.1 Å². The minimum Gasteiger partial charge on any atom is -0.463 e. The normalized spacial score (nSPS) is 16.9. The minimum atomic E-state index is -0.582. The van der Waals surface area contributed by atoms with Crippen LogP contribution in [0.2, 0.25) is 0 Å². The number of carbonyl (C=O) groups excluding carboxylic acids is 3. The highest BCUT2D eigenvalue weighted by Crippen LogP contribution is 2.15. The molecule has 0 saturated heterocycles. The zero-order valence-corrected chi connectivity index (χ0v) is 15.0. The predicted octanol–water partition coefficient (Wildman–Crippen LogP) is 2.07. The first kappa shape index (κ1) is 19.2. The third-order valence-corrected chi connectivity index (χ3v) is 3.71. The first-order valence-corrected chi connectivity index (χ1v) is 8.30. The summed E-state index contributed by atoms with van der Waals surface area (Å²) in [5.41, 5.74) is 2.44. The van der Waals surface area contributed by atoms with Crippen LogP contribution in [-0.2, 0) is 19.1 Å². The molecule has 0 aromatic heterocycles. The Balaban J connectivity index is 2.05. The number of rotatable bonds is 6. The van der Waals surface area contributed by atoms with Gasteiger partial charge in [-0.15, -0.1) is 0 Å². The van der Waals surface area contributed by atoms with E-state index in [4.69, 9.17) is 9.47 Å². The highest BCUT2D eigenvalue weighted by molar-refractivity contribution is 5.95. The highest BCUT2D eigenvalue weighted by Gasteiger charge is 2.30. The van der Waals surface area contributed by atoms with E-state index in [0.717, 1.165) is 11.1 Å². The van der Waals surface area contributed by atoms with Crippen LogP contribution in [0.5, 0.6) is 0 Å². The molecule has 2 rings (SSSR count). The summed E-state index contributed by atoms with van der Waals surface area (Å²) in [6, 6.07) is 6.64. The Hall–Kier alpha value is -3.09. The molecule has 1 aromatic rings. The maximum atomic E-state index is 12.1. The number of hydrogen-bond donors (Lipinski definition) is 2. The monoisotopic (exact) mass is 358 g/mol. The first-order chi connectivity index (χ1) is 12.4. The van der Waals surface area contributed by atoms with Crippen LogP contribution in [-0.4, -0.2) is 37.2 Å². The Morgan fingerprint density at radius 2 is 1.88 bits per heavy atom. The highest BCUT2D eigenvalue weighted by atomic mass is 16.5. The van der Waals surface area contributed by atoms with E-state index in [-0.39, 0.29) is 24.5 Å². The number of benzene rings is 1. The topological polar surface area (TPSA) is 93.7 Å². The zero-order chi connectivity index (χ0) is 19.1. The third kappa shape index (κ3) is 5.20. The lowest BCUT2D eigenvalue weighted by atomic mass is 10.0. The summed E-state index contributed by atoms with van der Waals surface area (Å²) in [5, 5.41) is 5.07. The fourth-order valence-corrected chi connectivity index (χ4v) is 2.43. The van der Waals surface area contributed by atoms with Crippen molar-refractivity contribution in [3.8, 4) is 0 Å². The van der Waals surface area contributed by atoms with Gasteiger partial charge in [-0.05, 0) is 32.4 Å². The molecular weight excluding hydrogens is 336 g/mol. The van der Waals surface area contributed by atoms with Gasteiger partial charge in [0.15, 0.2) is 0 Å². The first-order valence-electron chi connectivity index (χ1n) is 8.30. The summed E-state index contributed by atoms with van der Waals surface area (Å²) < 4.78 is 10.1. The van der Waals surface area contributed by atoms with Gasteiger partial charge in [0.1, 0.15) is 6.61 Å². The largest absolute Gasteiger partial charge is 0.463 e. The van der Waals surface area contributed by atoms with Crippen molar-refractivity contribution in [3.63, 3.8) is 0 Å². The zero-order valence-electron chi connectivity index (χ0n) is 15.0. The molecule has 1 aliphatic heterocycles. The Labute approximate surface area is 152 Å². The Morgan fingerprint density at radius 3 is 2.54 bits per heavy atom. The number of hydrogen-bond acceptors (Lipinski definition) is 5.